The molecule has 0 radical (unpaired) electrons. The van der Waals surface area contributed by atoms with Gasteiger partial charge < -0.3 is 9.47 Å². The van der Waals surface area contributed by atoms with Crippen LogP contribution in [0.3, 0.4) is 0 Å². The molecule has 152 valence electrons. The molecular weight excluding hydrogens is 410 g/mol. The van der Waals surface area contributed by atoms with Crippen molar-refractivity contribution in [2.45, 2.75) is 18.4 Å². The number of sulfonamides is 1. The zero-order valence-corrected chi connectivity index (χ0v) is 18.0. The first-order valence-electron chi connectivity index (χ1n) is 8.91. The van der Waals surface area contributed by atoms with Gasteiger partial charge in [0.2, 0.25) is 0 Å². The van der Waals surface area contributed by atoms with Crippen LogP contribution in [0.15, 0.2) is 71.6 Å². The van der Waals surface area contributed by atoms with Gasteiger partial charge in [0.05, 0.1) is 31.3 Å². The second-order valence-corrected chi connectivity index (χ2v) is 8.71. The van der Waals surface area contributed by atoms with Crippen molar-refractivity contribution in [2.24, 2.45) is 0 Å². The van der Waals surface area contributed by atoms with Gasteiger partial charge in [-0.1, -0.05) is 41.9 Å². The summed E-state index contributed by atoms with van der Waals surface area (Å²) in [5.41, 5.74) is 1.90. The molecule has 0 heterocycles. The fraction of sp³-hybridized carbons (Fsp3) is 0.182. The van der Waals surface area contributed by atoms with Gasteiger partial charge in [-0.3, -0.25) is 4.31 Å². The molecule has 0 fully saturated rings. The van der Waals surface area contributed by atoms with Crippen molar-refractivity contribution in [1.29, 1.82) is 0 Å². The maximum atomic E-state index is 13.6. The minimum absolute atomic E-state index is 0.108. The van der Waals surface area contributed by atoms with Crippen LogP contribution in [-0.2, 0) is 16.6 Å². The molecule has 3 aromatic rings. The van der Waals surface area contributed by atoms with Crippen LogP contribution in [0.2, 0.25) is 5.02 Å². The van der Waals surface area contributed by atoms with Crippen molar-refractivity contribution in [3.05, 3.63) is 82.9 Å². The predicted molar refractivity (Wildman–Crippen MR) is 116 cm³/mol. The number of halogens is 1. The summed E-state index contributed by atoms with van der Waals surface area (Å²) in [6.45, 7) is 1.89. The Kier molecular flexibility index (Phi) is 6.35. The monoisotopic (exact) mass is 431 g/mol. The molecule has 0 saturated carbocycles. The van der Waals surface area contributed by atoms with Crippen LogP contribution in [0.5, 0.6) is 11.5 Å². The number of benzene rings is 3. The van der Waals surface area contributed by atoms with E-state index >= 15 is 0 Å². The van der Waals surface area contributed by atoms with Crippen molar-refractivity contribution in [1.82, 2.24) is 0 Å². The molecule has 0 amide bonds. The van der Waals surface area contributed by atoms with Crippen molar-refractivity contribution < 1.29 is 17.9 Å². The maximum absolute atomic E-state index is 13.6. The summed E-state index contributed by atoms with van der Waals surface area (Å²) >= 11 is 6.15. The first kappa shape index (κ1) is 21.0. The minimum atomic E-state index is -3.83. The van der Waals surface area contributed by atoms with Crippen LogP contribution in [0, 0.1) is 6.92 Å². The Hall–Kier alpha value is -2.70. The summed E-state index contributed by atoms with van der Waals surface area (Å²) in [5, 5.41) is 0.458. The number of hydrogen-bond acceptors (Lipinski definition) is 4. The minimum Gasteiger partial charge on any atom is -0.493 e. The Morgan fingerprint density at radius 3 is 2.28 bits per heavy atom. The molecule has 5 nitrogen and oxygen atoms in total. The van der Waals surface area contributed by atoms with Gasteiger partial charge in [-0.25, -0.2) is 8.42 Å². The van der Waals surface area contributed by atoms with Crippen molar-refractivity contribution in [3.63, 3.8) is 0 Å². The van der Waals surface area contributed by atoms with E-state index in [0.717, 1.165) is 5.56 Å². The summed E-state index contributed by atoms with van der Waals surface area (Å²) in [4.78, 5) is 0.250. The molecule has 0 aliphatic rings. The van der Waals surface area contributed by atoms with Gasteiger partial charge in [-0.05, 0) is 54.4 Å². The van der Waals surface area contributed by atoms with Gasteiger partial charge in [0.15, 0.2) is 11.5 Å². The fourth-order valence-corrected chi connectivity index (χ4v) is 4.91. The molecule has 0 N–H and O–H groups in total. The van der Waals surface area contributed by atoms with Gasteiger partial charge in [-0.15, -0.1) is 0 Å². The zero-order chi connectivity index (χ0) is 21.0. The molecule has 0 bridgehead atoms. The lowest BCUT2D eigenvalue weighted by Gasteiger charge is -2.26. The summed E-state index contributed by atoms with van der Waals surface area (Å²) in [6, 6.07) is 19.0. The molecule has 0 aromatic heterocycles. The Morgan fingerprint density at radius 1 is 0.897 bits per heavy atom. The molecule has 0 spiro atoms. The quantitative estimate of drug-likeness (QED) is 0.524. The van der Waals surface area contributed by atoms with E-state index in [9.17, 15) is 8.42 Å². The summed E-state index contributed by atoms with van der Waals surface area (Å²) < 4.78 is 39.1. The maximum Gasteiger partial charge on any atom is 0.264 e. The number of hydrogen-bond donors (Lipinski definition) is 0. The van der Waals surface area contributed by atoms with Crippen LogP contribution < -0.4 is 13.8 Å². The highest BCUT2D eigenvalue weighted by atomic mass is 35.5. The molecule has 0 unspecified atom stereocenters. The highest BCUT2D eigenvalue weighted by molar-refractivity contribution is 7.92. The lowest BCUT2D eigenvalue weighted by atomic mass is 10.2. The zero-order valence-electron chi connectivity index (χ0n) is 16.4. The standard InChI is InChI=1S/C22H22ClNO4S/c1-16-7-4-5-10-22(16)29(25,26)24(19-9-6-8-18(23)14-19)15-17-11-12-20(27-2)21(13-17)28-3/h4-14H,15H2,1-3H3. The van der Waals surface area contributed by atoms with Crippen LogP contribution in [-0.4, -0.2) is 22.6 Å². The average molecular weight is 432 g/mol. The highest BCUT2D eigenvalue weighted by Gasteiger charge is 2.27. The SMILES string of the molecule is COc1ccc(CN(c2cccc(Cl)c2)S(=O)(=O)c2ccccc2C)cc1OC. The van der Waals surface area contributed by atoms with Gasteiger partial charge in [0.1, 0.15) is 0 Å². The van der Waals surface area contributed by atoms with Crippen molar-refractivity contribution in [3.8, 4) is 11.5 Å². The van der Waals surface area contributed by atoms with Crippen LogP contribution in [0.25, 0.3) is 0 Å². The van der Waals surface area contributed by atoms with E-state index in [1.165, 1.54) is 4.31 Å². The first-order valence-corrected chi connectivity index (χ1v) is 10.7. The summed E-state index contributed by atoms with van der Waals surface area (Å²) in [7, 11) is -0.736. The largest absolute Gasteiger partial charge is 0.493 e. The van der Waals surface area contributed by atoms with E-state index < -0.39 is 10.0 Å². The van der Waals surface area contributed by atoms with Crippen molar-refractivity contribution >= 4 is 27.3 Å². The van der Waals surface area contributed by atoms with Gasteiger partial charge in [0, 0.05) is 5.02 Å². The molecule has 0 saturated heterocycles. The second kappa shape index (κ2) is 8.76. The van der Waals surface area contributed by atoms with E-state index in [1.807, 2.05) is 12.1 Å². The number of anilines is 1. The normalized spacial score (nSPS) is 11.2. The number of ether oxygens (including phenoxy) is 2. The molecule has 0 aliphatic carbocycles. The molecule has 29 heavy (non-hydrogen) atoms. The smallest absolute Gasteiger partial charge is 0.264 e. The van der Waals surface area contributed by atoms with Gasteiger partial charge >= 0.3 is 0 Å². The predicted octanol–water partition coefficient (Wildman–Crippen LogP) is 5.06. The third kappa shape index (κ3) is 4.49. The topological polar surface area (TPSA) is 55.8 Å². The van der Waals surface area contributed by atoms with Gasteiger partial charge in [-0.2, -0.15) is 0 Å². The number of methoxy groups -OCH3 is 2. The Bertz CT molecular complexity index is 1120. The van der Waals surface area contributed by atoms with E-state index in [1.54, 1.807) is 75.7 Å². The molecule has 0 atom stereocenters. The molecule has 7 heteroatoms. The lowest BCUT2D eigenvalue weighted by Crippen LogP contribution is -2.31. The Morgan fingerprint density at radius 2 is 1.62 bits per heavy atom. The summed E-state index contributed by atoms with van der Waals surface area (Å²) in [6.07, 6.45) is 0. The van der Waals surface area contributed by atoms with E-state index in [0.29, 0.717) is 27.8 Å². The second-order valence-electron chi connectivity index (χ2n) is 6.45. The fourth-order valence-electron chi connectivity index (χ4n) is 3.06. The van der Waals surface area contributed by atoms with Crippen molar-refractivity contribution in [2.75, 3.05) is 18.5 Å². The molecular formula is C22H22ClNO4S. The summed E-state index contributed by atoms with van der Waals surface area (Å²) in [5.74, 6) is 1.11. The van der Waals surface area contributed by atoms with Crippen LogP contribution in [0.4, 0.5) is 5.69 Å². The number of aryl methyl sites for hydroxylation is 1. The molecule has 3 rings (SSSR count). The highest BCUT2D eigenvalue weighted by Crippen LogP contribution is 2.32. The number of nitrogens with zero attached hydrogens (tertiary/aromatic N) is 1. The third-order valence-corrected chi connectivity index (χ3v) is 6.70. The average Bonchev–Trinajstić information content (AvgIpc) is 2.71. The first-order chi connectivity index (χ1) is 13.9. The van der Waals surface area contributed by atoms with Crippen LogP contribution in [0.1, 0.15) is 11.1 Å². The van der Waals surface area contributed by atoms with Gasteiger partial charge in [0.25, 0.3) is 10.0 Å². The Balaban J connectivity index is 2.11. The Labute approximate surface area is 176 Å². The molecule has 3 aromatic carbocycles. The molecule has 0 aliphatic heterocycles. The number of rotatable bonds is 7. The van der Waals surface area contributed by atoms with E-state index in [2.05, 4.69) is 0 Å². The lowest BCUT2D eigenvalue weighted by molar-refractivity contribution is 0.354. The third-order valence-electron chi connectivity index (χ3n) is 4.53. The van der Waals surface area contributed by atoms with Crippen LogP contribution >= 0.6 is 11.6 Å². The van der Waals surface area contributed by atoms with E-state index in [4.69, 9.17) is 21.1 Å². The van der Waals surface area contributed by atoms with E-state index in [-0.39, 0.29) is 11.4 Å².